The molecule has 4 rings (SSSR count). The fourth-order valence-corrected chi connectivity index (χ4v) is 4.47. The zero-order valence-electron chi connectivity index (χ0n) is 18.6. The minimum absolute atomic E-state index is 0.0299. The molecule has 6 nitrogen and oxygen atoms in total. The molecule has 0 aliphatic carbocycles. The summed E-state index contributed by atoms with van der Waals surface area (Å²) in [6, 6.07) is 15.0. The van der Waals surface area contributed by atoms with Crippen LogP contribution >= 0.6 is 0 Å². The van der Waals surface area contributed by atoms with Crippen molar-refractivity contribution in [2.45, 2.75) is 31.1 Å². The highest BCUT2D eigenvalue weighted by Crippen LogP contribution is 2.35. The number of guanidine groups is 1. The van der Waals surface area contributed by atoms with Gasteiger partial charge in [-0.05, 0) is 54.2 Å². The topological polar surface area (TPSA) is 64.1 Å². The molecule has 0 radical (unpaired) electrons. The van der Waals surface area contributed by atoms with Gasteiger partial charge in [-0.25, -0.2) is 0 Å². The highest BCUT2D eigenvalue weighted by atomic mass is 16.5. The number of rotatable bonds is 7. The van der Waals surface area contributed by atoms with Crippen LogP contribution in [0.1, 0.15) is 29.5 Å². The number of hydrogen-bond acceptors (Lipinski definition) is 4. The number of fused-ring (bicyclic) bond motifs is 1. The lowest BCUT2D eigenvalue weighted by atomic mass is 9.74. The van der Waals surface area contributed by atoms with Crippen LogP contribution in [0.25, 0.3) is 0 Å². The van der Waals surface area contributed by atoms with Crippen molar-refractivity contribution >= 4 is 5.96 Å². The van der Waals surface area contributed by atoms with E-state index in [-0.39, 0.29) is 5.41 Å². The predicted octanol–water partition coefficient (Wildman–Crippen LogP) is 3.09. The Hall–Kier alpha value is -2.73. The number of aliphatic imine (C=N–C) groups is 1. The largest absolute Gasteiger partial charge is 0.497 e. The van der Waals surface area contributed by atoms with E-state index in [4.69, 9.17) is 14.2 Å². The first-order valence-electron chi connectivity index (χ1n) is 11.1. The zero-order valence-corrected chi connectivity index (χ0v) is 18.6. The molecule has 0 spiro atoms. The normalized spacial score (nSPS) is 17.5. The molecule has 0 bridgehead atoms. The van der Waals surface area contributed by atoms with E-state index in [9.17, 15) is 0 Å². The molecular formula is C25H33N3O3. The molecule has 2 heterocycles. The molecule has 1 fully saturated rings. The van der Waals surface area contributed by atoms with Crippen LogP contribution in [0, 0.1) is 0 Å². The van der Waals surface area contributed by atoms with Crippen molar-refractivity contribution in [1.29, 1.82) is 0 Å². The minimum atomic E-state index is 0.0299. The van der Waals surface area contributed by atoms with Crippen molar-refractivity contribution < 1.29 is 14.2 Å². The third kappa shape index (κ3) is 5.13. The average molecular weight is 424 g/mol. The minimum Gasteiger partial charge on any atom is -0.497 e. The first-order valence-corrected chi connectivity index (χ1v) is 11.1. The number of nitrogens with one attached hydrogen (secondary N) is 2. The van der Waals surface area contributed by atoms with Gasteiger partial charge in [-0.2, -0.15) is 0 Å². The van der Waals surface area contributed by atoms with Gasteiger partial charge in [0, 0.05) is 45.2 Å². The third-order valence-electron chi connectivity index (χ3n) is 6.43. The van der Waals surface area contributed by atoms with Crippen molar-refractivity contribution in [3.8, 4) is 11.5 Å². The van der Waals surface area contributed by atoms with Crippen LogP contribution in [0.2, 0.25) is 0 Å². The van der Waals surface area contributed by atoms with Crippen molar-refractivity contribution in [1.82, 2.24) is 10.6 Å². The van der Waals surface area contributed by atoms with E-state index in [1.165, 1.54) is 16.7 Å². The summed E-state index contributed by atoms with van der Waals surface area (Å²) in [5, 5.41) is 7.04. The molecule has 2 aliphatic heterocycles. The molecule has 2 aliphatic rings. The van der Waals surface area contributed by atoms with Crippen LogP contribution in [0.5, 0.6) is 11.5 Å². The fraction of sp³-hybridized carbons (Fsp3) is 0.480. The predicted molar refractivity (Wildman–Crippen MR) is 123 cm³/mol. The average Bonchev–Trinajstić information content (AvgIpc) is 3.30. The Morgan fingerprint density at radius 2 is 1.87 bits per heavy atom. The Kier molecular flexibility index (Phi) is 6.97. The molecule has 166 valence electrons. The standard InChI is InChI=1S/C25H33N3O3/c1-26-24(27-13-9-19-3-8-23-20(17-19)10-14-31-23)28-18-25(11-15-30-16-12-25)21-4-6-22(29-2)7-5-21/h3-8,17H,9-16,18H2,1-2H3,(H2,26,27,28). The van der Waals surface area contributed by atoms with Crippen molar-refractivity contribution in [2.75, 3.05) is 47.1 Å². The van der Waals surface area contributed by atoms with Gasteiger partial charge in [0.2, 0.25) is 0 Å². The van der Waals surface area contributed by atoms with Gasteiger partial charge in [-0.15, -0.1) is 0 Å². The van der Waals surface area contributed by atoms with Crippen LogP contribution in [0.15, 0.2) is 47.5 Å². The molecule has 0 saturated carbocycles. The summed E-state index contributed by atoms with van der Waals surface area (Å²) in [5.41, 5.74) is 3.99. The van der Waals surface area contributed by atoms with Crippen LogP contribution in [0.4, 0.5) is 0 Å². The highest BCUT2D eigenvalue weighted by molar-refractivity contribution is 5.79. The van der Waals surface area contributed by atoms with Gasteiger partial charge in [-0.1, -0.05) is 24.3 Å². The number of methoxy groups -OCH3 is 1. The Bertz CT molecular complexity index is 889. The lowest BCUT2D eigenvalue weighted by molar-refractivity contribution is 0.0513. The molecule has 0 aromatic heterocycles. The molecular weight excluding hydrogens is 390 g/mol. The second-order valence-electron chi connectivity index (χ2n) is 8.26. The Morgan fingerprint density at radius 1 is 1.06 bits per heavy atom. The van der Waals surface area contributed by atoms with E-state index < -0.39 is 0 Å². The summed E-state index contributed by atoms with van der Waals surface area (Å²) in [4.78, 5) is 4.44. The molecule has 2 aromatic carbocycles. The first-order chi connectivity index (χ1) is 15.2. The summed E-state index contributed by atoms with van der Waals surface area (Å²) >= 11 is 0. The van der Waals surface area contributed by atoms with Gasteiger partial charge in [0.1, 0.15) is 11.5 Å². The summed E-state index contributed by atoms with van der Waals surface area (Å²) in [6.07, 6.45) is 3.93. The maximum Gasteiger partial charge on any atom is 0.191 e. The number of ether oxygens (including phenoxy) is 3. The molecule has 2 aromatic rings. The lowest BCUT2D eigenvalue weighted by Gasteiger charge is -2.38. The SMILES string of the molecule is CN=C(NCCc1ccc2c(c1)CCO2)NCC1(c2ccc(OC)cc2)CCOCC1. The molecule has 0 unspecified atom stereocenters. The molecule has 31 heavy (non-hydrogen) atoms. The van der Waals surface area contributed by atoms with Crippen LogP contribution in [-0.4, -0.2) is 53.0 Å². The van der Waals surface area contributed by atoms with Crippen LogP contribution < -0.4 is 20.1 Å². The van der Waals surface area contributed by atoms with Crippen molar-refractivity contribution in [2.24, 2.45) is 4.99 Å². The fourth-order valence-electron chi connectivity index (χ4n) is 4.47. The maximum absolute atomic E-state index is 5.66. The molecule has 0 atom stereocenters. The maximum atomic E-state index is 5.66. The molecule has 6 heteroatoms. The van der Waals surface area contributed by atoms with E-state index >= 15 is 0 Å². The van der Waals surface area contributed by atoms with Crippen LogP contribution in [-0.2, 0) is 23.0 Å². The molecule has 2 N–H and O–H groups in total. The molecule has 1 saturated heterocycles. The number of benzene rings is 2. The van der Waals surface area contributed by atoms with E-state index in [1.54, 1.807) is 7.11 Å². The van der Waals surface area contributed by atoms with Gasteiger partial charge in [0.05, 0.1) is 13.7 Å². The monoisotopic (exact) mass is 423 g/mol. The van der Waals surface area contributed by atoms with Crippen molar-refractivity contribution in [3.05, 3.63) is 59.2 Å². The zero-order chi connectivity index (χ0) is 21.5. The number of hydrogen-bond donors (Lipinski definition) is 2. The third-order valence-corrected chi connectivity index (χ3v) is 6.43. The number of nitrogens with zero attached hydrogens (tertiary/aromatic N) is 1. The van der Waals surface area contributed by atoms with Crippen LogP contribution in [0.3, 0.4) is 0 Å². The Morgan fingerprint density at radius 3 is 2.61 bits per heavy atom. The van der Waals surface area contributed by atoms with E-state index in [0.29, 0.717) is 0 Å². The summed E-state index contributed by atoms with van der Waals surface area (Å²) in [5.74, 6) is 2.76. The first kappa shape index (κ1) is 21.5. The second kappa shape index (κ2) is 10.1. The highest BCUT2D eigenvalue weighted by Gasteiger charge is 2.34. The summed E-state index contributed by atoms with van der Waals surface area (Å²) < 4.78 is 16.6. The van der Waals surface area contributed by atoms with Crippen molar-refractivity contribution in [3.63, 3.8) is 0 Å². The second-order valence-corrected chi connectivity index (χ2v) is 8.26. The summed E-state index contributed by atoms with van der Waals surface area (Å²) in [7, 11) is 3.53. The van der Waals surface area contributed by atoms with Gasteiger partial charge in [0.25, 0.3) is 0 Å². The quantitative estimate of drug-likeness (QED) is 0.529. The summed E-state index contributed by atoms with van der Waals surface area (Å²) in [6.45, 7) is 4.01. The van der Waals surface area contributed by atoms with Gasteiger partial charge >= 0.3 is 0 Å². The van der Waals surface area contributed by atoms with E-state index in [2.05, 4.69) is 46.0 Å². The van der Waals surface area contributed by atoms with E-state index in [1.807, 2.05) is 19.2 Å². The Labute approximate surface area is 185 Å². The molecule has 0 amide bonds. The van der Waals surface area contributed by atoms with Gasteiger partial charge in [-0.3, -0.25) is 4.99 Å². The van der Waals surface area contributed by atoms with E-state index in [0.717, 1.165) is 76.1 Å². The van der Waals surface area contributed by atoms with Gasteiger partial charge < -0.3 is 24.8 Å². The lowest BCUT2D eigenvalue weighted by Crippen LogP contribution is -2.48. The Balaban J connectivity index is 1.34. The smallest absolute Gasteiger partial charge is 0.191 e. The van der Waals surface area contributed by atoms with Gasteiger partial charge in [0.15, 0.2) is 5.96 Å².